The summed E-state index contributed by atoms with van der Waals surface area (Å²) in [7, 11) is 0. The Hall–Kier alpha value is -2.06. The maximum absolute atomic E-state index is 13.0. The van der Waals surface area contributed by atoms with Crippen LogP contribution in [0, 0.1) is 18.2 Å². The van der Waals surface area contributed by atoms with Crippen LogP contribution in [0.2, 0.25) is 0 Å². The van der Waals surface area contributed by atoms with Crippen LogP contribution in [0.4, 0.5) is 10.1 Å². The zero-order valence-electron chi connectivity index (χ0n) is 10.1. The Bertz CT molecular complexity index is 469. The van der Waals surface area contributed by atoms with Crippen LogP contribution in [0.25, 0.3) is 0 Å². The average molecular weight is 250 g/mol. The van der Waals surface area contributed by atoms with Crippen LogP contribution in [0.1, 0.15) is 13.3 Å². The van der Waals surface area contributed by atoms with Gasteiger partial charge in [-0.25, -0.2) is 4.39 Å². The van der Waals surface area contributed by atoms with Gasteiger partial charge in [-0.3, -0.25) is 4.79 Å². The molecule has 5 heteroatoms. The summed E-state index contributed by atoms with van der Waals surface area (Å²) < 4.78 is 18.3. The highest BCUT2D eigenvalue weighted by Gasteiger charge is 2.14. The molecular formula is C13H15FN2O2. The lowest BCUT2D eigenvalue weighted by atomic mass is 10.2. The second-order valence-electron chi connectivity index (χ2n) is 3.58. The molecule has 1 atom stereocenters. The Labute approximate surface area is 105 Å². The second-order valence-corrected chi connectivity index (χ2v) is 3.58. The summed E-state index contributed by atoms with van der Waals surface area (Å²) in [5, 5.41) is 2.56. The Kier molecular flexibility index (Phi) is 5.15. The average Bonchev–Trinajstić information content (AvgIpc) is 2.33. The van der Waals surface area contributed by atoms with Gasteiger partial charge in [-0.1, -0.05) is 0 Å². The molecule has 0 heterocycles. The molecule has 1 aromatic carbocycles. The van der Waals surface area contributed by atoms with Gasteiger partial charge in [0, 0.05) is 12.5 Å². The maximum atomic E-state index is 13.0. The van der Waals surface area contributed by atoms with E-state index in [9.17, 15) is 9.18 Å². The van der Waals surface area contributed by atoms with Crippen LogP contribution in [-0.2, 0) is 4.79 Å². The number of carbonyl (C=O) groups is 1. The molecule has 1 unspecified atom stereocenters. The van der Waals surface area contributed by atoms with Gasteiger partial charge in [0.1, 0.15) is 11.6 Å². The lowest BCUT2D eigenvalue weighted by Crippen LogP contribution is -2.35. The van der Waals surface area contributed by atoms with Crippen molar-refractivity contribution >= 4 is 11.6 Å². The highest BCUT2D eigenvalue weighted by atomic mass is 19.1. The van der Waals surface area contributed by atoms with Gasteiger partial charge >= 0.3 is 0 Å². The molecule has 0 saturated carbocycles. The molecule has 18 heavy (non-hydrogen) atoms. The number of halogens is 1. The first-order valence-corrected chi connectivity index (χ1v) is 5.50. The molecular weight excluding hydrogens is 235 g/mol. The van der Waals surface area contributed by atoms with Crippen molar-refractivity contribution in [1.82, 2.24) is 0 Å². The molecule has 4 nitrogen and oxygen atoms in total. The highest BCUT2D eigenvalue weighted by molar-refractivity contribution is 5.96. The van der Waals surface area contributed by atoms with E-state index in [1.807, 2.05) is 0 Å². The topological polar surface area (TPSA) is 64.4 Å². The molecule has 0 radical (unpaired) electrons. The Balaban J connectivity index is 2.83. The lowest BCUT2D eigenvalue weighted by molar-refractivity contribution is -0.117. The SMILES string of the molecule is C#CCC(N)C(=O)Nc1ccc(F)cc1OCC. The standard InChI is InChI=1S/C13H15FN2O2/c1-3-5-10(15)13(17)16-11-7-6-9(14)8-12(11)18-4-2/h1,6-8,10H,4-5,15H2,2H3,(H,16,17). The van der Waals surface area contributed by atoms with Crippen molar-refractivity contribution in [2.45, 2.75) is 19.4 Å². The molecule has 0 spiro atoms. The van der Waals surface area contributed by atoms with Crippen molar-refractivity contribution in [3.8, 4) is 18.1 Å². The molecule has 0 aliphatic carbocycles. The minimum absolute atomic E-state index is 0.136. The maximum Gasteiger partial charge on any atom is 0.242 e. The molecule has 1 rings (SSSR count). The lowest BCUT2D eigenvalue weighted by Gasteiger charge is -2.13. The molecule has 3 N–H and O–H groups in total. The van der Waals surface area contributed by atoms with Crippen molar-refractivity contribution in [3.63, 3.8) is 0 Å². The summed E-state index contributed by atoms with van der Waals surface area (Å²) in [6.45, 7) is 2.13. The molecule has 0 aliphatic rings. The van der Waals surface area contributed by atoms with Gasteiger partial charge < -0.3 is 15.8 Å². The number of ether oxygens (including phenoxy) is 1. The Morgan fingerprint density at radius 2 is 2.39 bits per heavy atom. The molecule has 0 fully saturated rings. The predicted octanol–water partition coefficient (Wildman–Crippen LogP) is 1.51. The number of carbonyl (C=O) groups excluding carboxylic acids is 1. The fourth-order valence-corrected chi connectivity index (χ4v) is 1.32. The van der Waals surface area contributed by atoms with Gasteiger partial charge in [-0.05, 0) is 19.1 Å². The zero-order chi connectivity index (χ0) is 13.5. The number of terminal acetylenes is 1. The summed E-state index contributed by atoms with van der Waals surface area (Å²) in [5.74, 6) is 1.70. The summed E-state index contributed by atoms with van der Waals surface area (Å²) in [4.78, 5) is 11.7. The molecule has 0 bridgehead atoms. The van der Waals surface area contributed by atoms with Gasteiger partial charge in [-0.2, -0.15) is 0 Å². The van der Waals surface area contributed by atoms with E-state index in [0.717, 1.165) is 0 Å². The number of nitrogens with one attached hydrogen (secondary N) is 1. The number of hydrogen-bond acceptors (Lipinski definition) is 3. The predicted molar refractivity (Wildman–Crippen MR) is 67.6 cm³/mol. The number of rotatable bonds is 5. The summed E-state index contributed by atoms with van der Waals surface area (Å²) >= 11 is 0. The van der Waals surface area contributed by atoms with Gasteiger partial charge in [0.15, 0.2) is 0 Å². The first-order valence-electron chi connectivity index (χ1n) is 5.50. The van der Waals surface area contributed by atoms with Gasteiger partial charge in [0.25, 0.3) is 0 Å². The first-order chi connectivity index (χ1) is 8.58. The largest absolute Gasteiger partial charge is 0.492 e. The number of anilines is 1. The van der Waals surface area contributed by atoms with E-state index in [2.05, 4.69) is 11.2 Å². The third kappa shape index (κ3) is 3.75. The first kappa shape index (κ1) is 14.0. The monoisotopic (exact) mass is 250 g/mol. The van der Waals surface area contributed by atoms with Gasteiger partial charge in [0.2, 0.25) is 5.91 Å². The highest BCUT2D eigenvalue weighted by Crippen LogP contribution is 2.25. The molecule has 0 saturated heterocycles. The fourth-order valence-electron chi connectivity index (χ4n) is 1.32. The van der Waals surface area contributed by atoms with Crippen molar-refractivity contribution in [2.75, 3.05) is 11.9 Å². The fraction of sp³-hybridized carbons (Fsp3) is 0.308. The summed E-state index contributed by atoms with van der Waals surface area (Å²) in [6.07, 6.45) is 5.21. The van der Waals surface area contributed by atoms with Gasteiger partial charge in [0.05, 0.1) is 18.3 Å². The van der Waals surface area contributed by atoms with Crippen LogP contribution >= 0.6 is 0 Å². The normalized spacial score (nSPS) is 11.4. The number of amides is 1. The smallest absolute Gasteiger partial charge is 0.242 e. The van der Waals surface area contributed by atoms with Crippen molar-refractivity contribution in [1.29, 1.82) is 0 Å². The van der Waals surface area contributed by atoms with E-state index in [0.29, 0.717) is 12.3 Å². The van der Waals surface area contributed by atoms with Crippen LogP contribution in [-0.4, -0.2) is 18.6 Å². The molecule has 96 valence electrons. The van der Waals surface area contributed by atoms with E-state index < -0.39 is 17.8 Å². The van der Waals surface area contributed by atoms with Crippen LogP contribution < -0.4 is 15.8 Å². The summed E-state index contributed by atoms with van der Waals surface area (Å²) in [6, 6.07) is 3.05. The Morgan fingerprint density at radius 3 is 3.00 bits per heavy atom. The molecule has 1 amide bonds. The minimum atomic E-state index is -0.797. The third-order valence-corrected chi connectivity index (χ3v) is 2.18. The van der Waals surface area contributed by atoms with Crippen molar-refractivity contribution < 1.29 is 13.9 Å². The number of nitrogens with two attached hydrogens (primary N) is 1. The van der Waals surface area contributed by atoms with Crippen LogP contribution in [0.5, 0.6) is 5.75 Å². The molecule has 0 aromatic heterocycles. The van der Waals surface area contributed by atoms with E-state index in [1.54, 1.807) is 6.92 Å². The minimum Gasteiger partial charge on any atom is -0.492 e. The number of hydrogen-bond donors (Lipinski definition) is 2. The Morgan fingerprint density at radius 1 is 1.67 bits per heavy atom. The van der Waals surface area contributed by atoms with E-state index in [4.69, 9.17) is 16.9 Å². The third-order valence-electron chi connectivity index (χ3n) is 2.18. The quantitative estimate of drug-likeness (QED) is 0.779. The zero-order valence-corrected chi connectivity index (χ0v) is 10.1. The van der Waals surface area contributed by atoms with E-state index >= 15 is 0 Å². The molecule has 0 aliphatic heterocycles. The van der Waals surface area contributed by atoms with Crippen LogP contribution in [0.3, 0.4) is 0 Å². The van der Waals surface area contributed by atoms with Crippen LogP contribution in [0.15, 0.2) is 18.2 Å². The number of benzene rings is 1. The van der Waals surface area contributed by atoms with E-state index in [1.165, 1.54) is 18.2 Å². The molecule has 1 aromatic rings. The van der Waals surface area contributed by atoms with Gasteiger partial charge in [-0.15, -0.1) is 12.3 Å². The van der Waals surface area contributed by atoms with Crippen molar-refractivity contribution in [3.05, 3.63) is 24.0 Å². The second kappa shape index (κ2) is 6.62. The van der Waals surface area contributed by atoms with Crippen molar-refractivity contribution in [2.24, 2.45) is 5.73 Å². The summed E-state index contributed by atoms with van der Waals surface area (Å²) in [5.41, 5.74) is 5.93. The van der Waals surface area contributed by atoms with E-state index in [-0.39, 0.29) is 12.2 Å².